The highest BCUT2D eigenvalue weighted by Gasteiger charge is 2.34. The Kier molecular flexibility index (Phi) is 6.03. The smallest absolute Gasteiger partial charge is 0.348 e. The monoisotopic (exact) mass is 385 g/mol. The van der Waals surface area contributed by atoms with E-state index in [9.17, 15) is 9.59 Å². The normalized spacial score (nSPS) is 15.2. The molecule has 1 heterocycles. The summed E-state index contributed by atoms with van der Waals surface area (Å²) in [6.07, 6.45) is -0.197. The second-order valence-corrected chi connectivity index (χ2v) is 6.24. The van der Waals surface area contributed by atoms with E-state index in [0.717, 1.165) is 5.56 Å². The molecule has 0 fully saturated rings. The number of rotatable bonds is 6. The van der Waals surface area contributed by atoms with Gasteiger partial charge in [0.15, 0.2) is 0 Å². The van der Waals surface area contributed by atoms with E-state index >= 15 is 0 Å². The van der Waals surface area contributed by atoms with E-state index in [0.29, 0.717) is 29.4 Å². The minimum Gasteiger partial charge on any atom is -0.496 e. The first kappa shape index (κ1) is 19.5. The number of amides is 1. The quantitative estimate of drug-likeness (QED) is 0.712. The lowest BCUT2D eigenvalue weighted by Crippen LogP contribution is -2.47. The molecule has 7 nitrogen and oxygen atoms in total. The number of carbonyl (C=O) groups excluding carboxylic acids is 2. The van der Waals surface area contributed by atoms with Crippen molar-refractivity contribution in [2.24, 2.45) is 0 Å². The van der Waals surface area contributed by atoms with Gasteiger partial charge in [0.25, 0.3) is 0 Å². The molecule has 3 rings (SSSR count). The Labute approximate surface area is 163 Å². The zero-order valence-corrected chi connectivity index (χ0v) is 16.1. The van der Waals surface area contributed by atoms with Crippen LogP contribution in [0.4, 0.5) is 5.69 Å². The first-order chi connectivity index (χ1) is 13.6. The van der Waals surface area contributed by atoms with Crippen LogP contribution in [-0.4, -0.2) is 45.9 Å². The lowest BCUT2D eigenvalue weighted by Gasteiger charge is -2.33. The number of para-hydroxylation sites is 2. The molecule has 0 saturated heterocycles. The fourth-order valence-corrected chi connectivity index (χ4v) is 3.27. The summed E-state index contributed by atoms with van der Waals surface area (Å²) in [5.74, 6) is 1.17. The van der Waals surface area contributed by atoms with Crippen molar-refractivity contribution in [3.8, 4) is 17.2 Å². The molecule has 0 bridgehead atoms. The van der Waals surface area contributed by atoms with E-state index in [1.807, 2.05) is 24.3 Å². The molecule has 2 aromatic rings. The van der Waals surface area contributed by atoms with Gasteiger partial charge in [0.2, 0.25) is 12.0 Å². The second-order valence-electron chi connectivity index (χ2n) is 6.24. The molecule has 1 atom stereocenters. The molecule has 1 aliphatic heterocycles. The van der Waals surface area contributed by atoms with Crippen molar-refractivity contribution >= 4 is 17.6 Å². The Bertz CT molecular complexity index is 843. The third-order valence-corrected chi connectivity index (χ3v) is 4.66. The average Bonchev–Trinajstić information content (AvgIpc) is 2.75. The molecule has 0 N–H and O–H groups in total. The molecule has 0 saturated carbocycles. The number of hydrogen-bond donors (Lipinski definition) is 0. The van der Waals surface area contributed by atoms with Crippen LogP contribution in [0.2, 0.25) is 0 Å². The van der Waals surface area contributed by atoms with Gasteiger partial charge in [-0.15, -0.1) is 0 Å². The number of hydrogen-bond acceptors (Lipinski definition) is 6. The lowest BCUT2D eigenvalue weighted by atomic mass is 10.1. The summed E-state index contributed by atoms with van der Waals surface area (Å²) in [4.78, 5) is 26.6. The number of fused-ring (bicyclic) bond motifs is 1. The SMILES string of the molecule is COC(=O)C1CN(C(=O)CCc2c(OC)cccc2OC)c2ccccc2O1. The van der Waals surface area contributed by atoms with Gasteiger partial charge in [-0.3, -0.25) is 4.79 Å². The van der Waals surface area contributed by atoms with Gasteiger partial charge >= 0.3 is 5.97 Å². The molecular formula is C21H23NO6. The zero-order valence-electron chi connectivity index (χ0n) is 16.1. The summed E-state index contributed by atoms with van der Waals surface area (Å²) in [7, 11) is 4.46. The van der Waals surface area contributed by atoms with Crippen LogP contribution in [-0.2, 0) is 20.7 Å². The molecule has 0 aromatic heterocycles. The highest BCUT2D eigenvalue weighted by atomic mass is 16.6. The van der Waals surface area contributed by atoms with Gasteiger partial charge in [-0.1, -0.05) is 18.2 Å². The zero-order chi connectivity index (χ0) is 20.1. The highest BCUT2D eigenvalue weighted by molar-refractivity contribution is 5.97. The lowest BCUT2D eigenvalue weighted by molar-refractivity contribution is -0.148. The van der Waals surface area contributed by atoms with Crippen molar-refractivity contribution in [3.63, 3.8) is 0 Å². The predicted octanol–water partition coefficient (Wildman–Crippen LogP) is 2.60. The third-order valence-electron chi connectivity index (χ3n) is 4.66. The molecule has 148 valence electrons. The molecule has 28 heavy (non-hydrogen) atoms. The van der Waals surface area contributed by atoms with E-state index in [1.165, 1.54) is 7.11 Å². The van der Waals surface area contributed by atoms with Gasteiger partial charge < -0.3 is 23.8 Å². The van der Waals surface area contributed by atoms with Crippen LogP contribution in [0, 0.1) is 0 Å². The Hall–Kier alpha value is -3.22. The number of anilines is 1. The van der Waals surface area contributed by atoms with E-state index in [1.54, 1.807) is 37.3 Å². The molecule has 1 aliphatic rings. The topological polar surface area (TPSA) is 74.3 Å². The molecule has 1 unspecified atom stereocenters. The second kappa shape index (κ2) is 8.65. The van der Waals surface area contributed by atoms with Crippen LogP contribution in [0.5, 0.6) is 17.2 Å². The minimum absolute atomic E-state index is 0.103. The maximum absolute atomic E-state index is 13.0. The summed E-state index contributed by atoms with van der Waals surface area (Å²) in [6.45, 7) is 0.103. The number of benzene rings is 2. The van der Waals surface area contributed by atoms with Crippen LogP contribution in [0.25, 0.3) is 0 Å². The van der Waals surface area contributed by atoms with Crippen LogP contribution < -0.4 is 19.1 Å². The molecule has 0 spiro atoms. The van der Waals surface area contributed by atoms with Crippen LogP contribution in [0.1, 0.15) is 12.0 Å². The van der Waals surface area contributed by atoms with E-state index in [2.05, 4.69) is 0 Å². The Morgan fingerprint density at radius 3 is 2.36 bits per heavy atom. The molecular weight excluding hydrogens is 362 g/mol. The van der Waals surface area contributed by atoms with Gasteiger partial charge in [-0.2, -0.15) is 0 Å². The molecule has 7 heteroatoms. The van der Waals surface area contributed by atoms with E-state index in [-0.39, 0.29) is 18.9 Å². The molecule has 2 aromatic carbocycles. The van der Waals surface area contributed by atoms with Crippen molar-refractivity contribution in [2.45, 2.75) is 18.9 Å². The van der Waals surface area contributed by atoms with E-state index < -0.39 is 12.1 Å². The fraction of sp³-hybridized carbons (Fsp3) is 0.333. The highest BCUT2D eigenvalue weighted by Crippen LogP contribution is 2.35. The van der Waals surface area contributed by atoms with Gasteiger partial charge in [0, 0.05) is 12.0 Å². The third kappa shape index (κ3) is 3.88. The number of ether oxygens (including phenoxy) is 4. The molecule has 0 aliphatic carbocycles. The summed E-state index contributed by atoms with van der Waals surface area (Å²) < 4.78 is 21.3. The van der Waals surface area contributed by atoms with Crippen LogP contribution >= 0.6 is 0 Å². The fourth-order valence-electron chi connectivity index (χ4n) is 3.27. The Balaban J connectivity index is 1.81. The first-order valence-electron chi connectivity index (χ1n) is 8.92. The van der Waals surface area contributed by atoms with E-state index in [4.69, 9.17) is 18.9 Å². The maximum Gasteiger partial charge on any atom is 0.348 e. The number of carbonyl (C=O) groups is 2. The number of esters is 1. The van der Waals surface area contributed by atoms with Crippen LogP contribution in [0.15, 0.2) is 42.5 Å². The summed E-state index contributed by atoms with van der Waals surface area (Å²) in [6, 6.07) is 12.6. The maximum atomic E-state index is 13.0. The van der Waals surface area contributed by atoms with Gasteiger partial charge in [-0.25, -0.2) is 4.79 Å². The van der Waals surface area contributed by atoms with Crippen molar-refractivity contribution in [2.75, 3.05) is 32.8 Å². The summed E-state index contributed by atoms with van der Waals surface area (Å²) in [5, 5.41) is 0. The Morgan fingerprint density at radius 1 is 1.04 bits per heavy atom. The van der Waals surface area contributed by atoms with Crippen molar-refractivity contribution in [1.29, 1.82) is 0 Å². The van der Waals surface area contributed by atoms with Gasteiger partial charge in [-0.05, 0) is 30.7 Å². The predicted molar refractivity (Wildman–Crippen MR) is 103 cm³/mol. The standard InChI is InChI=1S/C21H23NO6/c1-25-16-9-6-10-17(26-2)14(16)11-12-20(23)22-13-19(21(24)27-3)28-18-8-5-4-7-15(18)22/h4-10,19H,11-13H2,1-3H3. The molecule has 1 amide bonds. The summed E-state index contributed by atoms with van der Waals surface area (Å²) >= 11 is 0. The number of methoxy groups -OCH3 is 3. The van der Waals surface area contributed by atoms with Crippen molar-refractivity contribution in [1.82, 2.24) is 0 Å². The largest absolute Gasteiger partial charge is 0.496 e. The summed E-state index contributed by atoms with van der Waals surface area (Å²) in [5.41, 5.74) is 1.46. The van der Waals surface area contributed by atoms with Crippen LogP contribution in [0.3, 0.4) is 0 Å². The van der Waals surface area contributed by atoms with Gasteiger partial charge in [0.1, 0.15) is 17.2 Å². The van der Waals surface area contributed by atoms with Crippen molar-refractivity contribution < 1.29 is 28.5 Å². The Morgan fingerprint density at radius 2 is 1.71 bits per heavy atom. The average molecular weight is 385 g/mol. The minimum atomic E-state index is -0.857. The van der Waals surface area contributed by atoms with Crippen molar-refractivity contribution in [3.05, 3.63) is 48.0 Å². The molecule has 0 radical (unpaired) electrons. The first-order valence-corrected chi connectivity index (χ1v) is 8.92. The van der Waals surface area contributed by atoms with Gasteiger partial charge in [0.05, 0.1) is 33.6 Å². The number of nitrogens with zero attached hydrogens (tertiary/aromatic N) is 1.